The average molecular weight is 402 g/mol. The van der Waals surface area contributed by atoms with Crippen LogP contribution >= 0.6 is 11.6 Å². The van der Waals surface area contributed by atoms with Crippen molar-refractivity contribution in [2.24, 2.45) is 0 Å². The summed E-state index contributed by atoms with van der Waals surface area (Å²) in [5.74, 6) is 0. The molecular formula is C21H22ClN2O2S+. The largest absolute Gasteiger partial charge is 0.341 e. The van der Waals surface area contributed by atoms with E-state index in [-0.39, 0.29) is 10.9 Å². The highest BCUT2D eigenvalue weighted by atomic mass is 35.5. The zero-order valence-electron chi connectivity index (χ0n) is 14.8. The number of rotatable bonds is 8. The predicted molar refractivity (Wildman–Crippen MR) is 108 cm³/mol. The van der Waals surface area contributed by atoms with Crippen LogP contribution in [0.5, 0.6) is 0 Å². The normalized spacial score (nSPS) is 12.6. The summed E-state index contributed by atoms with van der Waals surface area (Å²) < 4.78 is 28.3. The van der Waals surface area contributed by atoms with Crippen LogP contribution in [0.25, 0.3) is 0 Å². The molecule has 3 N–H and O–H groups in total. The van der Waals surface area contributed by atoms with E-state index in [4.69, 9.17) is 11.6 Å². The van der Waals surface area contributed by atoms with Crippen LogP contribution < -0.4 is 10.0 Å². The third kappa shape index (κ3) is 5.65. The Hall–Kier alpha value is -2.18. The van der Waals surface area contributed by atoms with Gasteiger partial charge in [-0.15, -0.1) is 0 Å². The first-order valence-corrected chi connectivity index (χ1v) is 10.6. The van der Waals surface area contributed by atoms with E-state index >= 15 is 0 Å². The lowest BCUT2D eigenvalue weighted by Crippen LogP contribution is -2.84. The second kappa shape index (κ2) is 9.15. The highest BCUT2D eigenvalue weighted by Gasteiger charge is 2.22. The maximum Gasteiger partial charge on any atom is 0.241 e. The minimum Gasteiger partial charge on any atom is -0.341 e. The molecule has 0 radical (unpaired) electrons. The van der Waals surface area contributed by atoms with E-state index < -0.39 is 10.0 Å². The summed E-state index contributed by atoms with van der Waals surface area (Å²) in [7, 11) is -3.60. The maximum atomic E-state index is 12.7. The highest BCUT2D eigenvalue weighted by molar-refractivity contribution is 7.89. The molecule has 4 nitrogen and oxygen atoms in total. The van der Waals surface area contributed by atoms with Crippen LogP contribution in [-0.2, 0) is 16.6 Å². The first-order chi connectivity index (χ1) is 13.0. The van der Waals surface area contributed by atoms with Crippen LogP contribution in [0.1, 0.15) is 17.2 Å². The Morgan fingerprint density at radius 2 is 1.44 bits per heavy atom. The standard InChI is InChI=1S/C21H21ClN2O2S/c22-19-13-11-17(12-14-19)15-23-16-21(18-7-3-1-4-8-18)24-27(25,26)20-9-5-2-6-10-20/h1-14,21,23-24H,15-16H2/p+1/t21-/m1/s1. The van der Waals surface area contributed by atoms with Gasteiger partial charge >= 0.3 is 0 Å². The molecule has 0 saturated carbocycles. The van der Waals surface area contributed by atoms with Gasteiger partial charge in [-0.3, -0.25) is 0 Å². The molecule has 0 aliphatic rings. The Bertz CT molecular complexity index is 946. The van der Waals surface area contributed by atoms with E-state index in [1.165, 1.54) is 0 Å². The van der Waals surface area contributed by atoms with Gasteiger partial charge in [0.2, 0.25) is 10.0 Å². The molecule has 0 heterocycles. The Morgan fingerprint density at radius 1 is 0.852 bits per heavy atom. The zero-order chi connectivity index (χ0) is 19.1. The van der Waals surface area contributed by atoms with Crippen molar-refractivity contribution in [1.29, 1.82) is 0 Å². The quantitative estimate of drug-likeness (QED) is 0.609. The fourth-order valence-corrected chi connectivity index (χ4v) is 4.21. The molecule has 0 amide bonds. The molecule has 3 aromatic carbocycles. The van der Waals surface area contributed by atoms with Gasteiger partial charge in [0.15, 0.2) is 0 Å². The topological polar surface area (TPSA) is 62.8 Å². The molecule has 0 spiro atoms. The van der Waals surface area contributed by atoms with Gasteiger partial charge in [-0.1, -0.05) is 72.3 Å². The second-order valence-electron chi connectivity index (χ2n) is 6.25. The average Bonchev–Trinajstić information content (AvgIpc) is 2.70. The molecule has 6 heteroatoms. The van der Waals surface area contributed by atoms with Gasteiger partial charge < -0.3 is 5.32 Å². The number of nitrogens with one attached hydrogen (secondary N) is 1. The van der Waals surface area contributed by atoms with Crippen molar-refractivity contribution in [3.05, 3.63) is 101 Å². The van der Waals surface area contributed by atoms with Crippen LogP contribution in [0.3, 0.4) is 0 Å². The monoisotopic (exact) mass is 401 g/mol. The molecule has 0 saturated heterocycles. The number of hydrogen-bond donors (Lipinski definition) is 2. The predicted octanol–water partition coefficient (Wildman–Crippen LogP) is 3.12. The van der Waals surface area contributed by atoms with Crippen LogP contribution in [0, 0.1) is 0 Å². The molecule has 1 atom stereocenters. The molecule has 0 fully saturated rings. The van der Waals surface area contributed by atoms with Crippen molar-refractivity contribution in [2.75, 3.05) is 6.54 Å². The SMILES string of the molecule is O=S(=O)(N[C@H](C[NH2+]Cc1ccc(Cl)cc1)c1ccccc1)c1ccccc1. The number of benzene rings is 3. The maximum absolute atomic E-state index is 12.7. The lowest BCUT2D eigenvalue weighted by atomic mass is 10.1. The third-order valence-electron chi connectivity index (χ3n) is 4.25. The van der Waals surface area contributed by atoms with E-state index in [2.05, 4.69) is 10.0 Å². The van der Waals surface area contributed by atoms with Gasteiger partial charge in [-0.05, 0) is 29.8 Å². The van der Waals surface area contributed by atoms with E-state index in [1.807, 2.05) is 54.6 Å². The number of nitrogens with two attached hydrogens (primary N) is 1. The zero-order valence-corrected chi connectivity index (χ0v) is 16.3. The minimum absolute atomic E-state index is 0.267. The van der Waals surface area contributed by atoms with Gasteiger partial charge in [0.25, 0.3) is 0 Å². The third-order valence-corrected chi connectivity index (χ3v) is 5.99. The molecule has 0 aliphatic carbocycles. The molecular weight excluding hydrogens is 380 g/mol. The highest BCUT2D eigenvalue weighted by Crippen LogP contribution is 2.16. The van der Waals surface area contributed by atoms with Crippen molar-refractivity contribution in [3.8, 4) is 0 Å². The Kier molecular flexibility index (Phi) is 6.63. The van der Waals surface area contributed by atoms with Crippen LogP contribution in [0.15, 0.2) is 89.8 Å². The molecule has 3 aromatic rings. The van der Waals surface area contributed by atoms with Crippen molar-refractivity contribution in [3.63, 3.8) is 0 Å². The second-order valence-corrected chi connectivity index (χ2v) is 8.40. The smallest absolute Gasteiger partial charge is 0.241 e. The van der Waals surface area contributed by atoms with Crippen LogP contribution in [0.2, 0.25) is 5.02 Å². The number of hydrogen-bond acceptors (Lipinski definition) is 2. The lowest BCUT2D eigenvalue weighted by Gasteiger charge is -2.18. The number of halogens is 1. The Labute approximate surface area is 165 Å². The Balaban J connectivity index is 1.72. The lowest BCUT2D eigenvalue weighted by molar-refractivity contribution is -0.673. The molecule has 0 unspecified atom stereocenters. The summed E-state index contributed by atoms with van der Waals surface area (Å²) in [5, 5.41) is 2.80. The van der Waals surface area contributed by atoms with Gasteiger partial charge in [-0.2, -0.15) is 4.72 Å². The first-order valence-electron chi connectivity index (χ1n) is 8.73. The molecule has 0 bridgehead atoms. The van der Waals surface area contributed by atoms with Gasteiger partial charge in [0.05, 0.1) is 17.5 Å². The Morgan fingerprint density at radius 3 is 2.07 bits per heavy atom. The summed E-state index contributed by atoms with van der Waals surface area (Å²) >= 11 is 5.92. The van der Waals surface area contributed by atoms with E-state index in [1.54, 1.807) is 30.3 Å². The minimum atomic E-state index is -3.60. The summed E-state index contributed by atoms with van der Waals surface area (Å²) in [6.07, 6.45) is 0. The summed E-state index contributed by atoms with van der Waals surface area (Å²) in [5.41, 5.74) is 2.07. The number of sulfonamides is 1. The van der Waals surface area contributed by atoms with Crippen LogP contribution in [-0.4, -0.2) is 15.0 Å². The van der Waals surface area contributed by atoms with E-state index in [0.29, 0.717) is 11.6 Å². The summed E-state index contributed by atoms with van der Waals surface area (Å²) in [6, 6.07) is 25.4. The van der Waals surface area contributed by atoms with Crippen molar-refractivity contribution in [1.82, 2.24) is 4.72 Å². The molecule has 0 aliphatic heterocycles. The number of quaternary nitrogens is 1. The molecule has 27 heavy (non-hydrogen) atoms. The fourth-order valence-electron chi connectivity index (χ4n) is 2.83. The van der Waals surface area contributed by atoms with E-state index in [9.17, 15) is 8.42 Å². The van der Waals surface area contributed by atoms with Crippen molar-refractivity contribution < 1.29 is 13.7 Å². The van der Waals surface area contributed by atoms with Crippen LogP contribution in [0.4, 0.5) is 0 Å². The van der Waals surface area contributed by atoms with E-state index in [0.717, 1.165) is 17.7 Å². The first kappa shape index (κ1) is 19.6. The van der Waals surface area contributed by atoms with Gasteiger partial charge in [-0.25, -0.2) is 8.42 Å². The molecule has 0 aromatic heterocycles. The summed E-state index contributed by atoms with van der Waals surface area (Å²) in [4.78, 5) is 0.267. The van der Waals surface area contributed by atoms with Crippen molar-refractivity contribution >= 4 is 21.6 Å². The van der Waals surface area contributed by atoms with Crippen molar-refractivity contribution in [2.45, 2.75) is 17.5 Å². The summed E-state index contributed by atoms with van der Waals surface area (Å²) in [6.45, 7) is 1.33. The fraction of sp³-hybridized carbons (Fsp3) is 0.143. The molecule has 3 rings (SSSR count). The molecule has 140 valence electrons. The van der Waals surface area contributed by atoms with Gasteiger partial charge in [0.1, 0.15) is 6.54 Å². The van der Waals surface area contributed by atoms with Gasteiger partial charge in [0, 0.05) is 10.6 Å².